The molecule has 1 fully saturated rings. The average molecular weight is 409 g/mol. The third kappa shape index (κ3) is 4.23. The van der Waals surface area contributed by atoms with E-state index in [1.165, 1.54) is 7.11 Å². The van der Waals surface area contributed by atoms with Crippen LogP contribution < -0.4 is 0 Å². The summed E-state index contributed by atoms with van der Waals surface area (Å²) in [5, 5.41) is 0.985. The predicted molar refractivity (Wildman–Crippen MR) is 100 cm³/mol. The Morgan fingerprint density at radius 3 is 2.84 bits per heavy atom. The smallest absolute Gasteiger partial charge is 0.309 e. The number of nitrogens with zero attached hydrogens (tertiary/aromatic N) is 2. The number of likely N-dealkylation sites (tertiary alicyclic amines) is 1. The number of pyridine rings is 1. The lowest BCUT2D eigenvalue weighted by Gasteiger charge is -2.42. The van der Waals surface area contributed by atoms with E-state index in [0.717, 1.165) is 28.6 Å². The Bertz CT molecular complexity index is 766. The fourth-order valence-corrected chi connectivity index (χ4v) is 3.89. The Hall–Kier alpha value is -1.40. The molecule has 136 valence electrons. The average Bonchev–Trinajstić information content (AvgIpc) is 2.94. The van der Waals surface area contributed by atoms with Crippen molar-refractivity contribution in [2.24, 2.45) is 17.3 Å². The summed E-state index contributed by atoms with van der Waals surface area (Å²) < 4.78 is 11.8. The molecule has 0 saturated carbocycles. The number of esters is 1. The number of methoxy groups -OCH3 is 1. The van der Waals surface area contributed by atoms with Gasteiger partial charge in [0.2, 0.25) is 5.71 Å². The molecule has 0 aromatic carbocycles. The van der Waals surface area contributed by atoms with Gasteiger partial charge in [0.05, 0.1) is 19.6 Å². The van der Waals surface area contributed by atoms with E-state index in [9.17, 15) is 4.79 Å². The lowest BCUT2D eigenvalue weighted by atomic mass is 9.73. The second-order valence-electron chi connectivity index (χ2n) is 7.97. The van der Waals surface area contributed by atoms with E-state index in [2.05, 4.69) is 46.6 Å². The minimum absolute atomic E-state index is 0.0837. The number of carbonyl (C=O) groups excluding carboxylic acids is 1. The maximum Gasteiger partial charge on any atom is 0.309 e. The third-order valence-corrected chi connectivity index (χ3v) is 5.49. The minimum Gasteiger partial charge on any atom is -0.469 e. The van der Waals surface area contributed by atoms with Crippen molar-refractivity contribution in [3.05, 3.63) is 28.6 Å². The first-order valence-electron chi connectivity index (χ1n) is 8.60. The molecule has 1 aliphatic rings. The van der Waals surface area contributed by atoms with Gasteiger partial charge in [-0.15, -0.1) is 0 Å². The SMILES string of the molecule is COC(=O)[C@@H]1C[C@@H](C(C)(C)C)CN(Cc2cc3cc(Br)cnc3o2)C1. The molecule has 0 bridgehead atoms. The predicted octanol–water partition coefficient (Wildman–Crippen LogP) is 4.25. The Morgan fingerprint density at radius 2 is 2.16 bits per heavy atom. The summed E-state index contributed by atoms with van der Waals surface area (Å²) in [4.78, 5) is 18.7. The van der Waals surface area contributed by atoms with Gasteiger partial charge in [0.1, 0.15) is 5.76 Å². The van der Waals surface area contributed by atoms with E-state index >= 15 is 0 Å². The van der Waals surface area contributed by atoms with E-state index in [1.807, 2.05) is 12.1 Å². The Kier molecular flexibility index (Phi) is 5.21. The number of halogens is 1. The number of aromatic nitrogens is 1. The number of rotatable bonds is 3. The number of ether oxygens (including phenoxy) is 1. The van der Waals surface area contributed by atoms with Crippen molar-refractivity contribution < 1.29 is 13.9 Å². The molecule has 2 atom stereocenters. The number of fused-ring (bicyclic) bond motifs is 1. The first-order chi connectivity index (χ1) is 11.8. The summed E-state index contributed by atoms with van der Waals surface area (Å²) in [5.74, 6) is 1.11. The molecule has 0 N–H and O–H groups in total. The minimum atomic E-state index is -0.117. The highest BCUT2D eigenvalue weighted by atomic mass is 79.9. The molecule has 2 aromatic heterocycles. The quantitative estimate of drug-likeness (QED) is 0.710. The zero-order chi connectivity index (χ0) is 18.2. The van der Waals surface area contributed by atoms with Crippen LogP contribution in [-0.4, -0.2) is 36.1 Å². The Balaban J connectivity index is 1.79. The van der Waals surface area contributed by atoms with Gasteiger partial charge in [-0.3, -0.25) is 9.69 Å². The van der Waals surface area contributed by atoms with E-state index in [4.69, 9.17) is 9.15 Å². The number of hydrogen-bond acceptors (Lipinski definition) is 5. The van der Waals surface area contributed by atoms with Crippen molar-refractivity contribution in [2.45, 2.75) is 33.7 Å². The highest BCUT2D eigenvalue weighted by molar-refractivity contribution is 9.10. The highest BCUT2D eigenvalue weighted by Crippen LogP contribution is 2.36. The summed E-state index contributed by atoms with van der Waals surface area (Å²) in [6.45, 7) is 9.03. The molecule has 0 unspecified atom stereocenters. The van der Waals surface area contributed by atoms with Crippen LogP contribution in [0.15, 0.2) is 27.2 Å². The fraction of sp³-hybridized carbons (Fsp3) is 0.579. The van der Waals surface area contributed by atoms with Crippen molar-refractivity contribution in [1.82, 2.24) is 9.88 Å². The molecular weight excluding hydrogens is 384 g/mol. The summed E-state index contributed by atoms with van der Waals surface area (Å²) >= 11 is 3.44. The molecule has 25 heavy (non-hydrogen) atoms. The van der Waals surface area contributed by atoms with Crippen molar-refractivity contribution in [1.29, 1.82) is 0 Å². The van der Waals surface area contributed by atoms with Crippen LogP contribution in [0.2, 0.25) is 0 Å². The standard InChI is InChI=1S/C19H25BrN2O3/c1-19(2,3)14-5-13(18(23)24-4)9-22(10-14)11-16-7-12-6-15(20)8-21-17(12)25-16/h6-8,13-14H,5,9-11H2,1-4H3/t13-,14-/m1/s1. The van der Waals surface area contributed by atoms with E-state index < -0.39 is 0 Å². The third-order valence-electron chi connectivity index (χ3n) is 5.05. The number of hydrogen-bond donors (Lipinski definition) is 0. The van der Waals surface area contributed by atoms with E-state index in [0.29, 0.717) is 24.7 Å². The molecule has 1 aliphatic heterocycles. The van der Waals surface area contributed by atoms with Gasteiger partial charge in [0, 0.05) is 29.1 Å². The molecule has 0 spiro atoms. The second-order valence-corrected chi connectivity index (χ2v) is 8.89. The van der Waals surface area contributed by atoms with Gasteiger partial charge in [0.25, 0.3) is 0 Å². The van der Waals surface area contributed by atoms with Crippen LogP contribution in [-0.2, 0) is 16.1 Å². The first-order valence-corrected chi connectivity index (χ1v) is 9.39. The van der Waals surface area contributed by atoms with Crippen molar-refractivity contribution in [3.8, 4) is 0 Å². The lowest BCUT2D eigenvalue weighted by molar-refractivity contribution is -0.149. The largest absolute Gasteiger partial charge is 0.469 e. The summed E-state index contributed by atoms with van der Waals surface area (Å²) in [6.07, 6.45) is 2.61. The number of carbonyl (C=O) groups is 1. The lowest BCUT2D eigenvalue weighted by Crippen LogP contribution is -2.46. The van der Waals surface area contributed by atoms with Crippen molar-refractivity contribution in [2.75, 3.05) is 20.2 Å². The zero-order valence-electron chi connectivity index (χ0n) is 15.2. The van der Waals surface area contributed by atoms with Crippen LogP contribution in [0.5, 0.6) is 0 Å². The highest BCUT2D eigenvalue weighted by Gasteiger charge is 2.37. The normalized spacial score (nSPS) is 22.3. The molecule has 5 nitrogen and oxygen atoms in total. The topological polar surface area (TPSA) is 55.6 Å². The van der Waals surface area contributed by atoms with Crippen molar-refractivity contribution in [3.63, 3.8) is 0 Å². The molecule has 1 saturated heterocycles. The zero-order valence-corrected chi connectivity index (χ0v) is 16.8. The monoisotopic (exact) mass is 408 g/mol. The van der Waals surface area contributed by atoms with E-state index in [1.54, 1.807) is 6.20 Å². The summed E-state index contributed by atoms with van der Waals surface area (Å²) in [7, 11) is 1.47. The van der Waals surface area contributed by atoms with Gasteiger partial charge in [-0.25, -0.2) is 4.98 Å². The van der Waals surface area contributed by atoms with Crippen LogP contribution in [0.25, 0.3) is 11.1 Å². The molecule has 2 aromatic rings. The number of furan rings is 1. The molecule has 6 heteroatoms. The van der Waals surface area contributed by atoms with Crippen LogP contribution in [0.1, 0.15) is 33.0 Å². The van der Waals surface area contributed by atoms with Gasteiger partial charge in [-0.2, -0.15) is 0 Å². The first kappa shape index (κ1) is 18.4. The molecule has 0 amide bonds. The summed E-state index contributed by atoms with van der Waals surface area (Å²) in [6, 6.07) is 4.03. The van der Waals surface area contributed by atoms with Gasteiger partial charge in [0.15, 0.2) is 0 Å². The van der Waals surface area contributed by atoms with Crippen LogP contribution >= 0.6 is 15.9 Å². The molecule has 0 aliphatic carbocycles. The van der Waals surface area contributed by atoms with Gasteiger partial charge in [-0.1, -0.05) is 20.8 Å². The van der Waals surface area contributed by atoms with Crippen LogP contribution in [0.3, 0.4) is 0 Å². The van der Waals surface area contributed by atoms with E-state index in [-0.39, 0.29) is 17.3 Å². The fourth-order valence-electron chi connectivity index (χ4n) is 3.54. The maximum absolute atomic E-state index is 12.1. The molecule has 3 rings (SSSR count). The molecular formula is C19H25BrN2O3. The summed E-state index contributed by atoms with van der Waals surface area (Å²) in [5.41, 5.74) is 0.790. The van der Waals surface area contributed by atoms with Crippen molar-refractivity contribution >= 4 is 33.0 Å². The Labute approximate surface area is 156 Å². The van der Waals surface area contributed by atoms with Gasteiger partial charge in [-0.05, 0) is 45.8 Å². The Morgan fingerprint density at radius 1 is 1.40 bits per heavy atom. The van der Waals surface area contributed by atoms with Gasteiger partial charge < -0.3 is 9.15 Å². The second kappa shape index (κ2) is 7.08. The number of piperidine rings is 1. The van der Waals surface area contributed by atoms with Gasteiger partial charge >= 0.3 is 5.97 Å². The molecule has 0 radical (unpaired) electrons. The van der Waals surface area contributed by atoms with Crippen LogP contribution in [0, 0.1) is 17.3 Å². The molecule has 3 heterocycles. The van der Waals surface area contributed by atoms with Crippen LogP contribution in [0.4, 0.5) is 0 Å². The maximum atomic E-state index is 12.1.